The third-order valence-electron chi connectivity index (χ3n) is 4.43. The molecular weight excluding hydrogens is 238 g/mol. The average molecular weight is 259 g/mol. The van der Waals surface area contributed by atoms with Gasteiger partial charge in [0.2, 0.25) is 0 Å². The highest BCUT2D eigenvalue weighted by molar-refractivity contribution is 5.40. The minimum atomic E-state index is 0.659. The second-order valence-corrected chi connectivity index (χ2v) is 5.39. The van der Waals surface area contributed by atoms with E-state index in [4.69, 9.17) is 9.47 Å². The molecule has 0 bridgehead atoms. The van der Waals surface area contributed by atoms with Gasteiger partial charge in [0, 0.05) is 24.2 Å². The molecule has 3 atom stereocenters. The maximum Gasteiger partial charge on any atom is 0.127 e. The number of allylic oxidation sites excluding steroid dienone is 2. The minimum Gasteiger partial charge on any atom is -0.497 e. The largest absolute Gasteiger partial charge is 0.497 e. The van der Waals surface area contributed by atoms with Gasteiger partial charge >= 0.3 is 0 Å². The van der Waals surface area contributed by atoms with Crippen LogP contribution >= 0.6 is 0 Å². The molecule has 1 aromatic rings. The highest BCUT2D eigenvalue weighted by Crippen LogP contribution is 2.42. The topological polar surface area (TPSA) is 30.5 Å². The summed E-state index contributed by atoms with van der Waals surface area (Å²) in [5.41, 5.74) is 1.19. The molecule has 0 spiro atoms. The molecule has 0 unspecified atom stereocenters. The third kappa shape index (κ3) is 2.35. The summed E-state index contributed by atoms with van der Waals surface area (Å²) >= 11 is 0. The van der Waals surface area contributed by atoms with E-state index in [-0.39, 0.29) is 0 Å². The molecule has 2 aliphatic carbocycles. The molecule has 0 amide bonds. The van der Waals surface area contributed by atoms with Crippen LogP contribution in [0.5, 0.6) is 11.5 Å². The Labute approximate surface area is 114 Å². The van der Waals surface area contributed by atoms with Crippen molar-refractivity contribution in [2.75, 3.05) is 14.2 Å². The number of hydrogen-bond donors (Lipinski definition) is 1. The van der Waals surface area contributed by atoms with Gasteiger partial charge in [0.15, 0.2) is 0 Å². The fourth-order valence-corrected chi connectivity index (χ4v) is 3.19. The second kappa shape index (κ2) is 5.25. The SMILES string of the molecule is COc1ccc(CN[C@H]2C[C@@H]3C=CC[C@@H]23)c(OC)c1. The summed E-state index contributed by atoms with van der Waals surface area (Å²) in [6.45, 7) is 0.862. The van der Waals surface area contributed by atoms with E-state index in [0.29, 0.717) is 6.04 Å². The third-order valence-corrected chi connectivity index (χ3v) is 4.43. The lowest BCUT2D eigenvalue weighted by molar-refractivity contribution is 0.158. The van der Waals surface area contributed by atoms with Crippen LogP contribution in [-0.2, 0) is 6.54 Å². The number of methoxy groups -OCH3 is 2. The summed E-state index contributed by atoms with van der Waals surface area (Å²) < 4.78 is 10.6. The van der Waals surface area contributed by atoms with E-state index < -0.39 is 0 Å². The molecular formula is C16H21NO2. The summed E-state index contributed by atoms with van der Waals surface area (Å²) in [4.78, 5) is 0. The second-order valence-electron chi connectivity index (χ2n) is 5.39. The Hall–Kier alpha value is -1.48. The summed E-state index contributed by atoms with van der Waals surface area (Å²) in [5.74, 6) is 3.39. The van der Waals surface area contributed by atoms with Crippen LogP contribution in [0.15, 0.2) is 30.4 Å². The van der Waals surface area contributed by atoms with E-state index >= 15 is 0 Å². The van der Waals surface area contributed by atoms with Gasteiger partial charge in [0.1, 0.15) is 11.5 Å². The first-order chi connectivity index (χ1) is 9.31. The molecule has 102 valence electrons. The van der Waals surface area contributed by atoms with Crippen molar-refractivity contribution in [2.24, 2.45) is 11.8 Å². The number of hydrogen-bond acceptors (Lipinski definition) is 3. The molecule has 0 aromatic heterocycles. The first-order valence-electron chi connectivity index (χ1n) is 6.92. The van der Waals surface area contributed by atoms with E-state index in [1.165, 1.54) is 18.4 Å². The first-order valence-corrected chi connectivity index (χ1v) is 6.92. The lowest BCUT2D eigenvalue weighted by Crippen LogP contribution is -2.47. The Morgan fingerprint density at radius 2 is 2.16 bits per heavy atom. The lowest BCUT2D eigenvalue weighted by Gasteiger charge is -2.41. The first kappa shape index (κ1) is 12.5. The summed E-state index contributed by atoms with van der Waals surface area (Å²) in [5, 5.41) is 3.66. The van der Waals surface area contributed by atoms with Crippen molar-refractivity contribution in [3.63, 3.8) is 0 Å². The maximum atomic E-state index is 5.43. The van der Waals surface area contributed by atoms with E-state index in [9.17, 15) is 0 Å². The zero-order valence-corrected chi connectivity index (χ0v) is 11.6. The van der Waals surface area contributed by atoms with Gasteiger partial charge in [-0.05, 0) is 30.7 Å². The molecule has 19 heavy (non-hydrogen) atoms. The van der Waals surface area contributed by atoms with Gasteiger partial charge in [0.05, 0.1) is 14.2 Å². The average Bonchev–Trinajstić information content (AvgIpc) is 2.80. The zero-order chi connectivity index (χ0) is 13.2. The van der Waals surface area contributed by atoms with Gasteiger partial charge in [-0.15, -0.1) is 0 Å². The van der Waals surface area contributed by atoms with Crippen molar-refractivity contribution in [3.05, 3.63) is 35.9 Å². The monoisotopic (exact) mass is 259 g/mol. The highest BCUT2D eigenvalue weighted by atomic mass is 16.5. The Bertz CT molecular complexity index is 484. The van der Waals surface area contributed by atoms with Crippen molar-refractivity contribution in [1.82, 2.24) is 5.32 Å². The zero-order valence-electron chi connectivity index (χ0n) is 11.6. The van der Waals surface area contributed by atoms with E-state index in [1.54, 1.807) is 14.2 Å². The number of rotatable bonds is 5. The molecule has 3 rings (SSSR count). The van der Waals surface area contributed by atoms with Crippen LogP contribution in [0.4, 0.5) is 0 Å². The van der Waals surface area contributed by atoms with Crippen LogP contribution in [0, 0.1) is 11.8 Å². The molecule has 0 heterocycles. The fourth-order valence-electron chi connectivity index (χ4n) is 3.19. The molecule has 0 radical (unpaired) electrons. The van der Waals surface area contributed by atoms with Crippen molar-refractivity contribution >= 4 is 0 Å². The minimum absolute atomic E-state index is 0.659. The van der Waals surface area contributed by atoms with Gasteiger partial charge in [-0.25, -0.2) is 0 Å². The highest BCUT2D eigenvalue weighted by Gasteiger charge is 2.40. The van der Waals surface area contributed by atoms with Crippen LogP contribution in [0.25, 0.3) is 0 Å². The predicted octanol–water partition coefficient (Wildman–Crippen LogP) is 2.76. The van der Waals surface area contributed by atoms with Gasteiger partial charge < -0.3 is 14.8 Å². The molecule has 0 aliphatic heterocycles. The summed E-state index contributed by atoms with van der Waals surface area (Å²) in [6, 6.07) is 6.66. The molecule has 3 heteroatoms. The summed E-state index contributed by atoms with van der Waals surface area (Å²) in [7, 11) is 3.38. The number of fused-ring (bicyclic) bond motifs is 1. The van der Waals surface area contributed by atoms with E-state index in [2.05, 4.69) is 23.5 Å². The molecule has 1 fully saturated rings. The quantitative estimate of drug-likeness (QED) is 0.825. The van der Waals surface area contributed by atoms with Crippen molar-refractivity contribution in [1.29, 1.82) is 0 Å². The predicted molar refractivity (Wildman–Crippen MR) is 75.5 cm³/mol. The van der Waals surface area contributed by atoms with Crippen LogP contribution < -0.4 is 14.8 Å². The molecule has 1 N–H and O–H groups in total. The Morgan fingerprint density at radius 1 is 1.26 bits per heavy atom. The Morgan fingerprint density at radius 3 is 2.89 bits per heavy atom. The summed E-state index contributed by atoms with van der Waals surface area (Å²) in [6.07, 6.45) is 7.21. The van der Waals surface area contributed by atoms with Crippen LogP contribution in [0.1, 0.15) is 18.4 Å². The van der Waals surface area contributed by atoms with Crippen LogP contribution in [0.3, 0.4) is 0 Å². The standard InChI is InChI=1S/C16H21NO2/c1-18-13-7-6-12(16(9-13)19-2)10-17-15-8-11-4-3-5-14(11)15/h3-4,6-7,9,11,14-15,17H,5,8,10H2,1-2H3/t11-,14+,15-/m0/s1. The van der Waals surface area contributed by atoms with E-state index in [0.717, 1.165) is 29.9 Å². The Balaban J connectivity index is 1.60. The van der Waals surface area contributed by atoms with Gasteiger partial charge in [-0.3, -0.25) is 0 Å². The van der Waals surface area contributed by atoms with Crippen LogP contribution in [-0.4, -0.2) is 20.3 Å². The smallest absolute Gasteiger partial charge is 0.127 e. The molecule has 2 aliphatic rings. The molecule has 1 aromatic carbocycles. The van der Waals surface area contributed by atoms with Gasteiger partial charge in [0.25, 0.3) is 0 Å². The van der Waals surface area contributed by atoms with Crippen LogP contribution in [0.2, 0.25) is 0 Å². The van der Waals surface area contributed by atoms with E-state index in [1.807, 2.05) is 12.1 Å². The lowest BCUT2D eigenvalue weighted by atomic mass is 9.71. The maximum absolute atomic E-state index is 5.43. The molecule has 0 saturated heterocycles. The molecule has 1 saturated carbocycles. The fraction of sp³-hybridized carbons (Fsp3) is 0.500. The normalized spacial score (nSPS) is 27.8. The van der Waals surface area contributed by atoms with Crippen molar-refractivity contribution in [3.8, 4) is 11.5 Å². The van der Waals surface area contributed by atoms with Gasteiger partial charge in [-0.1, -0.05) is 18.2 Å². The van der Waals surface area contributed by atoms with Crippen molar-refractivity contribution < 1.29 is 9.47 Å². The number of benzene rings is 1. The van der Waals surface area contributed by atoms with Gasteiger partial charge in [-0.2, -0.15) is 0 Å². The number of nitrogens with one attached hydrogen (secondary N) is 1. The number of ether oxygens (including phenoxy) is 2. The Kier molecular flexibility index (Phi) is 3.47. The molecule has 3 nitrogen and oxygen atoms in total. The van der Waals surface area contributed by atoms with Crippen molar-refractivity contribution in [2.45, 2.75) is 25.4 Å².